The molecule has 44 heavy (non-hydrogen) atoms. The number of amides is 1. The van der Waals surface area contributed by atoms with E-state index in [4.69, 9.17) is 0 Å². The number of alkyl halides is 3. The number of benzene rings is 2. The average Bonchev–Trinajstić information content (AvgIpc) is 3.34. The lowest BCUT2D eigenvalue weighted by molar-refractivity contribution is -0.140. The van der Waals surface area contributed by atoms with Gasteiger partial charge in [-0.1, -0.05) is 18.2 Å². The van der Waals surface area contributed by atoms with Gasteiger partial charge in [0.1, 0.15) is 21.5 Å². The van der Waals surface area contributed by atoms with Gasteiger partial charge in [-0.2, -0.15) is 18.4 Å². The molecule has 1 aliphatic rings. The molecule has 2 aromatic carbocycles. The number of nitrogens with zero attached hydrogens (tertiary/aromatic N) is 4. The second-order valence-electron chi connectivity index (χ2n) is 10.6. The molecule has 1 fully saturated rings. The Morgan fingerprint density at radius 1 is 1.07 bits per heavy atom. The number of aromatic nitrogens is 2. The molecular formula is C30H24F6N4O3S. The third-order valence-corrected chi connectivity index (χ3v) is 9.38. The largest absolute Gasteiger partial charge is 0.419 e. The smallest absolute Gasteiger partial charge is 0.331 e. The molecule has 2 aromatic heterocycles. The van der Waals surface area contributed by atoms with E-state index < -0.39 is 63.4 Å². The number of rotatable bonds is 6. The molecule has 0 spiro atoms. The lowest BCUT2D eigenvalue weighted by atomic mass is 9.99. The third-order valence-electron chi connectivity index (χ3n) is 7.67. The number of pyridine rings is 1. The Morgan fingerprint density at radius 2 is 1.73 bits per heavy atom. The number of sulfone groups is 1. The Bertz CT molecular complexity index is 1890. The van der Waals surface area contributed by atoms with Crippen LogP contribution >= 0.6 is 0 Å². The highest BCUT2D eigenvalue weighted by Gasteiger charge is 2.38. The maximum Gasteiger partial charge on any atom is 0.419 e. The predicted octanol–water partition coefficient (Wildman–Crippen LogP) is 6.02. The molecule has 1 amide bonds. The van der Waals surface area contributed by atoms with Crippen LogP contribution < -0.4 is 0 Å². The average molecular weight is 635 g/mol. The van der Waals surface area contributed by atoms with E-state index >= 15 is 0 Å². The fourth-order valence-electron chi connectivity index (χ4n) is 5.56. The number of carbonyl (C=O) groups excluding carboxylic acids is 1. The van der Waals surface area contributed by atoms with Crippen LogP contribution in [0.3, 0.4) is 0 Å². The predicted molar refractivity (Wildman–Crippen MR) is 147 cm³/mol. The molecule has 1 atom stereocenters. The summed E-state index contributed by atoms with van der Waals surface area (Å²) in [5.74, 6) is -4.58. The summed E-state index contributed by atoms with van der Waals surface area (Å²) < 4.78 is 109. The van der Waals surface area contributed by atoms with Crippen molar-refractivity contribution in [3.8, 4) is 17.3 Å². The summed E-state index contributed by atoms with van der Waals surface area (Å²) in [5.41, 5.74) is -0.914. The maximum atomic E-state index is 15.0. The minimum Gasteiger partial charge on any atom is -0.331 e. The minimum atomic E-state index is -5.00. The van der Waals surface area contributed by atoms with Crippen molar-refractivity contribution < 1.29 is 39.6 Å². The molecule has 0 N–H and O–H groups in total. The highest BCUT2D eigenvalue weighted by atomic mass is 32.2. The van der Waals surface area contributed by atoms with E-state index in [1.165, 1.54) is 33.6 Å². The molecule has 230 valence electrons. The highest BCUT2D eigenvalue weighted by Crippen LogP contribution is 2.37. The second kappa shape index (κ2) is 11.6. The third kappa shape index (κ3) is 6.14. The Kier molecular flexibility index (Phi) is 8.19. The summed E-state index contributed by atoms with van der Waals surface area (Å²) in [5, 5.41) is 9.22. The van der Waals surface area contributed by atoms with Gasteiger partial charge in [0, 0.05) is 23.9 Å². The van der Waals surface area contributed by atoms with Gasteiger partial charge in [0.25, 0.3) is 0 Å². The zero-order valence-electron chi connectivity index (χ0n) is 23.1. The van der Waals surface area contributed by atoms with Crippen LogP contribution in [0.4, 0.5) is 26.3 Å². The van der Waals surface area contributed by atoms with Gasteiger partial charge in [-0.15, -0.1) is 0 Å². The molecule has 14 heteroatoms. The van der Waals surface area contributed by atoms with Crippen LogP contribution in [0.25, 0.3) is 16.9 Å². The van der Waals surface area contributed by atoms with Crippen LogP contribution in [0.1, 0.15) is 48.2 Å². The van der Waals surface area contributed by atoms with Crippen molar-refractivity contribution in [3.05, 3.63) is 94.6 Å². The van der Waals surface area contributed by atoms with Gasteiger partial charge in [-0.25, -0.2) is 26.6 Å². The highest BCUT2D eigenvalue weighted by molar-refractivity contribution is 7.91. The van der Waals surface area contributed by atoms with E-state index in [9.17, 15) is 44.8 Å². The van der Waals surface area contributed by atoms with Crippen LogP contribution in [-0.4, -0.2) is 46.2 Å². The molecule has 3 heterocycles. The van der Waals surface area contributed by atoms with E-state index in [0.717, 1.165) is 12.3 Å². The van der Waals surface area contributed by atoms with Crippen LogP contribution in [0.2, 0.25) is 0 Å². The standard InChI is InChI=1S/C30H24F6N4O3S/c1-17(27-28(20-5-2-18(15-37)3-6-20)39-16-21(31)14-25(33)29(39)38-27)40(22-8-10-44(42,43)11-9-22)26(41)13-19-4-7-24(32)23(12-19)30(34,35)36/h2-7,12,14,16-17,22H,8-11,13H2,1H3/t17-/m1/s1. The summed E-state index contributed by atoms with van der Waals surface area (Å²) >= 11 is 0. The Labute approximate surface area is 248 Å². The molecule has 5 rings (SSSR count). The molecule has 1 saturated heterocycles. The lowest BCUT2D eigenvalue weighted by Crippen LogP contribution is -2.46. The Hall–Kier alpha value is -4.38. The van der Waals surface area contributed by atoms with Crippen molar-refractivity contribution >= 4 is 21.4 Å². The van der Waals surface area contributed by atoms with Gasteiger partial charge in [0.15, 0.2) is 11.5 Å². The van der Waals surface area contributed by atoms with Crippen LogP contribution in [-0.2, 0) is 27.2 Å². The zero-order chi connectivity index (χ0) is 32.0. The summed E-state index contributed by atoms with van der Waals surface area (Å²) in [7, 11) is -3.38. The van der Waals surface area contributed by atoms with Gasteiger partial charge in [0.2, 0.25) is 5.91 Å². The first-order valence-electron chi connectivity index (χ1n) is 13.4. The zero-order valence-corrected chi connectivity index (χ0v) is 23.9. The van der Waals surface area contributed by atoms with E-state index in [-0.39, 0.29) is 46.9 Å². The minimum absolute atomic E-state index is 0.0260. The molecule has 0 bridgehead atoms. The summed E-state index contributed by atoms with van der Waals surface area (Å²) in [6.45, 7) is 1.55. The normalized spacial score (nSPS) is 16.0. The van der Waals surface area contributed by atoms with Crippen LogP contribution in [0.15, 0.2) is 54.7 Å². The number of carbonyl (C=O) groups is 1. The number of hydrogen-bond acceptors (Lipinski definition) is 5. The number of imidazole rings is 1. The molecule has 1 aliphatic heterocycles. The van der Waals surface area contributed by atoms with Gasteiger partial charge >= 0.3 is 6.18 Å². The van der Waals surface area contributed by atoms with Crippen LogP contribution in [0.5, 0.6) is 0 Å². The molecule has 7 nitrogen and oxygen atoms in total. The molecular weight excluding hydrogens is 610 g/mol. The first kappa shape index (κ1) is 31.1. The second-order valence-corrected chi connectivity index (χ2v) is 12.9. The van der Waals surface area contributed by atoms with Gasteiger partial charge in [0.05, 0.1) is 52.6 Å². The van der Waals surface area contributed by atoms with Gasteiger partial charge < -0.3 is 4.90 Å². The fraction of sp³-hybridized carbons (Fsp3) is 0.300. The van der Waals surface area contributed by atoms with Crippen molar-refractivity contribution in [2.75, 3.05) is 11.5 Å². The first-order chi connectivity index (χ1) is 20.7. The van der Waals surface area contributed by atoms with Gasteiger partial charge in [-0.05, 0) is 49.6 Å². The lowest BCUT2D eigenvalue weighted by Gasteiger charge is -2.38. The Balaban J connectivity index is 1.63. The van der Waals surface area contributed by atoms with E-state index in [0.29, 0.717) is 29.3 Å². The number of halogens is 6. The maximum absolute atomic E-state index is 15.0. The van der Waals surface area contributed by atoms with Crippen molar-refractivity contribution in [1.82, 2.24) is 14.3 Å². The number of nitriles is 1. The van der Waals surface area contributed by atoms with Crippen molar-refractivity contribution in [3.63, 3.8) is 0 Å². The Morgan fingerprint density at radius 3 is 2.34 bits per heavy atom. The van der Waals surface area contributed by atoms with E-state index in [1.807, 2.05) is 6.07 Å². The fourth-order valence-corrected chi connectivity index (χ4v) is 7.03. The number of fused-ring (bicyclic) bond motifs is 1. The topological polar surface area (TPSA) is 95.5 Å². The molecule has 0 unspecified atom stereocenters. The summed E-state index contributed by atoms with van der Waals surface area (Å²) in [6.07, 6.45) is -4.53. The van der Waals surface area contributed by atoms with Crippen LogP contribution in [0, 0.1) is 28.8 Å². The van der Waals surface area contributed by atoms with Gasteiger partial charge in [-0.3, -0.25) is 9.20 Å². The van der Waals surface area contributed by atoms with E-state index in [1.54, 1.807) is 6.92 Å². The molecule has 0 radical (unpaired) electrons. The van der Waals surface area contributed by atoms with E-state index in [2.05, 4.69) is 4.98 Å². The van der Waals surface area contributed by atoms with Crippen molar-refractivity contribution in [1.29, 1.82) is 5.26 Å². The molecule has 0 saturated carbocycles. The first-order valence-corrected chi connectivity index (χ1v) is 15.3. The monoisotopic (exact) mass is 634 g/mol. The van der Waals surface area contributed by atoms with Crippen molar-refractivity contribution in [2.24, 2.45) is 0 Å². The quantitative estimate of drug-likeness (QED) is 0.242. The van der Waals surface area contributed by atoms with Crippen molar-refractivity contribution in [2.45, 2.75) is 44.4 Å². The molecule has 4 aromatic rings. The number of hydrogen-bond donors (Lipinski definition) is 0. The SMILES string of the molecule is C[C@H](c1nc2c(F)cc(F)cn2c1-c1ccc(C#N)cc1)N(C(=O)Cc1ccc(F)c(C(F)(F)F)c1)C1CCS(=O)(=O)CC1. The molecule has 0 aliphatic carbocycles. The summed E-state index contributed by atoms with van der Waals surface area (Å²) in [6, 6.07) is 9.19. The summed E-state index contributed by atoms with van der Waals surface area (Å²) in [4.78, 5) is 19.6.